The van der Waals surface area contributed by atoms with Crippen molar-refractivity contribution >= 4 is 17.7 Å². The van der Waals surface area contributed by atoms with Crippen molar-refractivity contribution in [1.29, 1.82) is 0 Å². The number of benzene rings is 2. The molecule has 1 saturated heterocycles. The minimum Gasteiger partial charge on any atom is -0.497 e. The molecule has 0 bridgehead atoms. The second-order valence-electron chi connectivity index (χ2n) is 11.8. The predicted octanol–water partition coefficient (Wildman–Crippen LogP) is 3.95. The summed E-state index contributed by atoms with van der Waals surface area (Å²) in [5, 5.41) is 5.90. The van der Waals surface area contributed by atoms with Crippen molar-refractivity contribution in [2.75, 3.05) is 7.11 Å². The van der Waals surface area contributed by atoms with E-state index in [0.717, 1.165) is 11.1 Å². The number of amides is 3. The van der Waals surface area contributed by atoms with Gasteiger partial charge in [0.25, 0.3) is 0 Å². The molecule has 0 saturated carbocycles. The van der Waals surface area contributed by atoms with Gasteiger partial charge in [0.1, 0.15) is 29.7 Å². The number of rotatable bonds is 7. The Balaban J connectivity index is 1.80. The van der Waals surface area contributed by atoms with Gasteiger partial charge in [-0.15, -0.1) is 0 Å². The van der Waals surface area contributed by atoms with Crippen LogP contribution in [-0.2, 0) is 27.2 Å². The number of fused-ring (bicyclic) bond motifs is 1. The molecular formula is C30H38FN3O4. The Morgan fingerprint density at radius 3 is 2.29 bits per heavy atom. The molecule has 2 aliphatic rings. The molecule has 2 aromatic rings. The topological polar surface area (TPSA) is 87.7 Å². The van der Waals surface area contributed by atoms with Gasteiger partial charge in [-0.25, -0.2) is 4.39 Å². The van der Waals surface area contributed by atoms with E-state index in [-0.39, 0.29) is 29.2 Å². The van der Waals surface area contributed by atoms with Crippen molar-refractivity contribution in [3.8, 4) is 5.75 Å². The van der Waals surface area contributed by atoms with Crippen molar-refractivity contribution < 1.29 is 23.5 Å². The van der Waals surface area contributed by atoms with Crippen LogP contribution in [0.4, 0.5) is 4.39 Å². The molecule has 1 aliphatic carbocycles. The first-order chi connectivity index (χ1) is 17.9. The van der Waals surface area contributed by atoms with Crippen LogP contribution in [0.2, 0.25) is 0 Å². The molecule has 1 fully saturated rings. The van der Waals surface area contributed by atoms with Gasteiger partial charge >= 0.3 is 0 Å². The van der Waals surface area contributed by atoms with Gasteiger partial charge in [0, 0.05) is 17.2 Å². The standard InChI is InChI=1S/C30H38FN3O4/c1-17(2)13-24-27(35)32-25(20-14-18-9-7-8-10-19(18)15-20)29(37)34(24)26(28(36)33-30(3,4)5)22-12-11-21(38-6)16-23(22)31/h7-12,16-17,20,24-26H,13-15H2,1-6H3,(H,32,35)(H,33,36)/t24-,25-,26-/m1/s1. The Kier molecular flexibility index (Phi) is 7.81. The molecule has 3 atom stereocenters. The zero-order valence-corrected chi connectivity index (χ0v) is 23.0. The lowest BCUT2D eigenvalue weighted by Crippen LogP contribution is -2.67. The van der Waals surface area contributed by atoms with Crippen LogP contribution in [-0.4, -0.2) is 47.4 Å². The van der Waals surface area contributed by atoms with E-state index in [4.69, 9.17) is 4.74 Å². The summed E-state index contributed by atoms with van der Waals surface area (Å²) in [6.45, 7) is 9.37. The van der Waals surface area contributed by atoms with Crippen LogP contribution in [0.3, 0.4) is 0 Å². The number of nitrogens with one attached hydrogen (secondary N) is 2. The minimum atomic E-state index is -1.33. The summed E-state index contributed by atoms with van der Waals surface area (Å²) in [6.07, 6.45) is 1.63. The first-order valence-electron chi connectivity index (χ1n) is 13.2. The van der Waals surface area contributed by atoms with Crippen molar-refractivity contribution in [3.05, 3.63) is 65.0 Å². The number of ether oxygens (including phenoxy) is 1. The molecule has 1 heterocycles. The number of nitrogens with zero attached hydrogens (tertiary/aromatic N) is 1. The van der Waals surface area contributed by atoms with Crippen LogP contribution in [0.1, 0.15) is 63.8 Å². The fourth-order valence-corrected chi connectivity index (χ4v) is 5.59. The third kappa shape index (κ3) is 5.69. The Morgan fingerprint density at radius 1 is 1.13 bits per heavy atom. The summed E-state index contributed by atoms with van der Waals surface area (Å²) in [7, 11) is 1.43. The van der Waals surface area contributed by atoms with Gasteiger partial charge in [0.15, 0.2) is 0 Å². The number of carbonyl (C=O) groups excluding carboxylic acids is 3. The molecule has 0 spiro atoms. The van der Waals surface area contributed by atoms with Crippen LogP contribution >= 0.6 is 0 Å². The molecule has 0 unspecified atom stereocenters. The zero-order chi connectivity index (χ0) is 27.8. The second-order valence-corrected chi connectivity index (χ2v) is 11.8. The molecule has 8 heteroatoms. The van der Waals surface area contributed by atoms with Crippen LogP contribution in [0.25, 0.3) is 0 Å². The zero-order valence-electron chi connectivity index (χ0n) is 23.0. The number of halogens is 1. The van der Waals surface area contributed by atoms with Gasteiger partial charge in [0.2, 0.25) is 17.7 Å². The highest BCUT2D eigenvalue weighted by atomic mass is 19.1. The van der Waals surface area contributed by atoms with E-state index in [1.54, 1.807) is 6.07 Å². The molecule has 2 aromatic carbocycles. The SMILES string of the molecule is COc1ccc([C@H](C(=O)NC(C)(C)C)N2C(=O)[C@@H](C3Cc4ccccc4C3)NC(=O)[C@H]2CC(C)C)c(F)c1. The molecule has 204 valence electrons. The van der Waals surface area contributed by atoms with E-state index >= 15 is 4.39 Å². The van der Waals surface area contributed by atoms with Gasteiger partial charge in [0.05, 0.1) is 7.11 Å². The lowest BCUT2D eigenvalue weighted by Gasteiger charge is -2.45. The summed E-state index contributed by atoms with van der Waals surface area (Å²) < 4.78 is 20.7. The summed E-state index contributed by atoms with van der Waals surface area (Å²) in [4.78, 5) is 43.1. The number of hydrogen-bond acceptors (Lipinski definition) is 4. The first-order valence-corrected chi connectivity index (χ1v) is 13.2. The lowest BCUT2D eigenvalue weighted by atomic mass is 9.87. The number of methoxy groups -OCH3 is 1. The smallest absolute Gasteiger partial charge is 0.247 e. The highest BCUT2D eigenvalue weighted by Gasteiger charge is 2.50. The largest absolute Gasteiger partial charge is 0.497 e. The van der Waals surface area contributed by atoms with Gasteiger partial charge < -0.3 is 20.3 Å². The Morgan fingerprint density at radius 2 is 1.76 bits per heavy atom. The number of carbonyl (C=O) groups is 3. The molecule has 4 rings (SSSR count). The maximum absolute atomic E-state index is 15.5. The summed E-state index contributed by atoms with van der Waals surface area (Å²) in [5.74, 6) is -1.70. The van der Waals surface area contributed by atoms with Gasteiger partial charge in [-0.3, -0.25) is 14.4 Å². The van der Waals surface area contributed by atoms with Crippen molar-refractivity contribution in [2.45, 2.75) is 77.5 Å². The molecular weight excluding hydrogens is 485 g/mol. The second kappa shape index (κ2) is 10.8. The van der Waals surface area contributed by atoms with E-state index in [1.165, 1.54) is 24.1 Å². The average molecular weight is 524 g/mol. The quantitative estimate of drug-likeness (QED) is 0.576. The Hall–Kier alpha value is -3.42. The fraction of sp³-hybridized carbons (Fsp3) is 0.500. The van der Waals surface area contributed by atoms with E-state index in [1.807, 2.05) is 58.9 Å². The third-order valence-corrected chi connectivity index (χ3v) is 7.23. The fourth-order valence-electron chi connectivity index (χ4n) is 5.59. The Bertz CT molecular complexity index is 1200. The van der Waals surface area contributed by atoms with Crippen molar-refractivity contribution in [2.24, 2.45) is 11.8 Å². The van der Waals surface area contributed by atoms with Crippen LogP contribution < -0.4 is 15.4 Å². The molecule has 2 N–H and O–H groups in total. The summed E-state index contributed by atoms with van der Waals surface area (Å²) >= 11 is 0. The molecule has 3 amide bonds. The molecule has 38 heavy (non-hydrogen) atoms. The summed E-state index contributed by atoms with van der Waals surface area (Å²) in [5.41, 5.74) is 1.69. The first kappa shape index (κ1) is 27.6. The van der Waals surface area contributed by atoms with E-state index in [9.17, 15) is 14.4 Å². The van der Waals surface area contributed by atoms with E-state index in [0.29, 0.717) is 25.0 Å². The maximum atomic E-state index is 15.5. The number of hydrogen-bond donors (Lipinski definition) is 2. The van der Waals surface area contributed by atoms with E-state index in [2.05, 4.69) is 10.6 Å². The minimum absolute atomic E-state index is 0.0258. The maximum Gasteiger partial charge on any atom is 0.247 e. The predicted molar refractivity (Wildman–Crippen MR) is 143 cm³/mol. The van der Waals surface area contributed by atoms with Gasteiger partial charge in [-0.2, -0.15) is 0 Å². The van der Waals surface area contributed by atoms with Crippen molar-refractivity contribution in [3.63, 3.8) is 0 Å². The molecule has 0 aromatic heterocycles. The number of piperazine rings is 1. The van der Waals surface area contributed by atoms with Crippen LogP contribution in [0.5, 0.6) is 5.75 Å². The molecule has 0 radical (unpaired) electrons. The van der Waals surface area contributed by atoms with Crippen LogP contribution in [0.15, 0.2) is 42.5 Å². The highest BCUT2D eigenvalue weighted by molar-refractivity contribution is 6.00. The highest BCUT2D eigenvalue weighted by Crippen LogP contribution is 2.36. The monoisotopic (exact) mass is 523 g/mol. The van der Waals surface area contributed by atoms with E-state index < -0.39 is 35.4 Å². The molecule has 7 nitrogen and oxygen atoms in total. The Labute approximate surface area is 224 Å². The average Bonchev–Trinajstić information content (AvgIpc) is 3.26. The van der Waals surface area contributed by atoms with Gasteiger partial charge in [-0.05, 0) is 75.1 Å². The lowest BCUT2D eigenvalue weighted by molar-refractivity contribution is -0.158. The molecule has 1 aliphatic heterocycles. The van der Waals surface area contributed by atoms with Crippen molar-refractivity contribution in [1.82, 2.24) is 15.5 Å². The summed E-state index contributed by atoms with van der Waals surface area (Å²) in [6, 6.07) is 9.17. The normalized spacial score (nSPS) is 20.8. The van der Waals surface area contributed by atoms with Gasteiger partial charge in [-0.1, -0.05) is 38.1 Å². The van der Waals surface area contributed by atoms with Crippen LogP contribution in [0, 0.1) is 17.7 Å². The third-order valence-electron chi connectivity index (χ3n) is 7.23.